The Morgan fingerprint density at radius 2 is 1.65 bits per heavy atom. The van der Waals surface area contributed by atoms with E-state index < -0.39 is 0 Å². The molecule has 0 saturated carbocycles. The number of thioether (sulfide) groups is 1. The summed E-state index contributed by atoms with van der Waals surface area (Å²) in [6.07, 6.45) is 0. The summed E-state index contributed by atoms with van der Waals surface area (Å²) in [5.41, 5.74) is 2.97. The molecule has 2 aromatic carbocycles. The number of aryl methyl sites for hydroxylation is 2. The lowest BCUT2D eigenvalue weighted by Gasteiger charge is -2.09. The van der Waals surface area contributed by atoms with Crippen molar-refractivity contribution < 1.29 is 14.3 Å². The summed E-state index contributed by atoms with van der Waals surface area (Å²) in [5.74, 6) is 1.08. The molecule has 0 unspecified atom stereocenters. The molecule has 0 aromatic heterocycles. The Morgan fingerprint density at radius 1 is 0.962 bits per heavy atom. The molecule has 0 aliphatic rings. The largest absolute Gasteiger partial charge is 0.491 e. The molecule has 0 spiro atoms. The molecule has 2 amide bonds. The van der Waals surface area contributed by atoms with Gasteiger partial charge in [-0.25, -0.2) is 0 Å². The summed E-state index contributed by atoms with van der Waals surface area (Å²) in [5, 5.41) is 5.59. The highest BCUT2D eigenvalue weighted by Gasteiger charge is 2.06. The highest BCUT2D eigenvalue weighted by molar-refractivity contribution is 8.00. The Balaban J connectivity index is 1.56. The number of nitrogens with one attached hydrogen (secondary N) is 2. The summed E-state index contributed by atoms with van der Waals surface area (Å²) in [6.45, 7) is 4.82. The van der Waals surface area contributed by atoms with E-state index in [4.69, 9.17) is 4.74 Å². The third-order valence-electron chi connectivity index (χ3n) is 3.58. The molecule has 2 rings (SSSR count). The monoisotopic (exact) mass is 372 g/mol. The van der Waals surface area contributed by atoms with Crippen LogP contribution >= 0.6 is 11.8 Å². The third-order valence-corrected chi connectivity index (χ3v) is 4.51. The van der Waals surface area contributed by atoms with Gasteiger partial charge in [-0.3, -0.25) is 9.59 Å². The number of carbonyl (C=O) groups excluding carboxylic acids is 2. The summed E-state index contributed by atoms with van der Waals surface area (Å²) in [7, 11) is 0. The normalized spacial score (nSPS) is 10.2. The van der Waals surface area contributed by atoms with Crippen molar-refractivity contribution in [1.29, 1.82) is 0 Å². The molecule has 0 radical (unpaired) electrons. The molecule has 138 valence electrons. The molecule has 0 atom stereocenters. The topological polar surface area (TPSA) is 67.4 Å². The molecule has 0 bridgehead atoms. The van der Waals surface area contributed by atoms with Crippen LogP contribution < -0.4 is 15.4 Å². The zero-order valence-corrected chi connectivity index (χ0v) is 15.9. The number of anilines is 1. The van der Waals surface area contributed by atoms with E-state index in [1.807, 2.05) is 62.4 Å². The van der Waals surface area contributed by atoms with Crippen molar-refractivity contribution in [1.82, 2.24) is 5.32 Å². The van der Waals surface area contributed by atoms with Gasteiger partial charge in [0.05, 0.1) is 18.1 Å². The van der Waals surface area contributed by atoms with Gasteiger partial charge >= 0.3 is 0 Å². The molecule has 2 N–H and O–H groups in total. The zero-order valence-electron chi connectivity index (χ0n) is 15.1. The maximum absolute atomic E-state index is 11.8. The molecule has 6 heteroatoms. The second kappa shape index (κ2) is 10.5. The summed E-state index contributed by atoms with van der Waals surface area (Å²) < 4.78 is 5.62. The van der Waals surface area contributed by atoms with Crippen molar-refractivity contribution in [2.45, 2.75) is 13.8 Å². The first-order valence-corrected chi connectivity index (χ1v) is 9.59. The minimum absolute atomic E-state index is 0.105. The van der Waals surface area contributed by atoms with Crippen molar-refractivity contribution >= 4 is 29.3 Å². The average Bonchev–Trinajstić information content (AvgIpc) is 2.62. The second-order valence-corrected chi connectivity index (χ2v) is 6.86. The van der Waals surface area contributed by atoms with E-state index in [2.05, 4.69) is 10.6 Å². The lowest BCUT2D eigenvalue weighted by Crippen LogP contribution is -2.30. The molecular weight excluding hydrogens is 348 g/mol. The van der Waals surface area contributed by atoms with Crippen LogP contribution in [0.3, 0.4) is 0 Å². The van der Waals surface area contributed by atoms with Gasteiger partial charge in [0, 0.05) is 5.69 Å². The first-order chi connectivity index (χ1) is 12.5. The number of para-hydroxylation sites is 1. The molecule has 0 aliphatic carbocycles. The highest BCUT2D eigenvalue weighted by Crippen LogP contribution is 2.15. The first-order valence-electron chi connectivity index (χ1n) is 8.44. The highest BCUT2D eigenvalue weighted by atomic mass is 32.2. The fraction of sp³-hybridized carbons (Fsp3) is 0.300. The lowest BCUT2D eigenvalue weighted by molar-refractivity contribution is -0.118. The van der Waals surface area contributed by atoms with Crippen molar-refractivity contribution in [2.75, 3.05) is 30.0 Å². The van der Waals surface area contributed by atoms with Crippen molar-refractivity contribution in [3.8, 4) is 5.75 Å². The van der Waals surface area contributed by atoms with Crippen LogP contribution in [0, 0.1) is 13.8 Å². The molecule has 0 heterocycles. The van der Waals surface area contributed by atoms with Gasteiger partial charge in [0.2, 0.25) is 11.8 Å². The van der Waals surface area contributed by atoms with E-state index in [1.165, 1.54) is 11.8 Å². The smallest absolute Gasteiger partial charge is 0.234 e. The molecule has 2 aromatic rings. The predicted octanol–water partition coefficient (Wildman–Crippen LogP) is 3.17. The predicted molar refractivity (Wildman–Crippen MR) is 107 cm³/mol. The van der Waals surface area contributed by atoms with Gasteiger partial charge in [-0.1, -0.05) is 35.9 Å². The molecule has 0 aliphatic heterocycles. The molecule has 0 fully saturated rings. The van der Waals surface area contributed by atoms with E-state index >= 15 is 0 Å². The number of amides is 2. The van der Waals surface area contributed by atoms with Crippen molar-refractivity contribution in [3.63, 3.8) is 0 Å². The summed E-state index contributed by atoms with van der Waals surface area (Å²) in [6, 6.07) is 15.4. The quantitative estimate of drug-likeness (QED) is 0.664. The van der Waals surface area contributed by atoms with Gasteiger partial charge in [-0.2, -0.15) is 0 Å². The van der Waals surface area contributed by atoms with Gasteiger partial charge in [0.25, 0.3) is 0 Å². The number of carbonyl (C=O) groups is 2. The van der Waals surface area contributed by atoms with E-state index in [0.717, 1.165) is 22.6 Å². The minimum Gasteiger partial charge on any atom is -0.491 e. The summed E-state index contributed by atoms with van der Waals surface area (Å²) in [4.78, 5) is 23.6. The maximum atomic E-state index is 11.8. The minimum atomic E-state index is -0.116. The number of hydrogen-bond acceptors (Lipinski definition) is 4. The van der Waals surface area contributed by atoms with Crippen molar-refractivity contribution in [2.24, 2.45) is 0 Å². The van der Waals surface area contributed by atoms with Crippen LogP contribution in [0.4, 0.5) is 5.69 Å². The van der Waals surface area contributed by atoms with Gasteiger partial charge in [0.1, 0.15) is 12.4 Å². The van der Waals surface area contributed by atoms with E-state index in [1.54, 1.807) is 0 Å². The standard InChI is InChI=1S/C20H24N2O3S/c1-15-7-9-17(10-8-15)22-20(24)14-26-13-19(23)21-11-12-25-18-6-4-3-5-16(18)2/h3-10H,11-14H2,1-2H3,(H,21,23)(H,22,24). The van der Waals surface area contributed by atoms with Gasteiger partial charge in [-0.15, -0.1) is 11.8 Å². The van der Waals surface area contributed by atoms with E-state index in [-0.39, 0.29) is 23.3 Å². The maximum Gasteiger partial charge on any atom is 0.234 e. The Morgan fingerprint density at radius 3 is 2.38 bits per heavy atom. The molecule has 0 saturated heterocycles. The van der Waals surface area contributed by atoms with Crippen molar-refractivity contribution in [3.05, 3.63) is 59.7 Å². The van der Waals surface area contributed by atoms with Crippen LogP contribution in [-0.4, -0.2) is 36.5 Å². The van der Waals surface area contributed by atoms with E-state index in [9.17, 15) is 9.59 Å². The SMILES string of the molecule is Cc1ccc(NC(=O)CSCC(=O)NCCOc2ccccc2C)cc1. The Kier molecular flexibility index (Phi) is 8.02. The van der Waals surface area contributed by atoms with Crippen LogP contribution in [0.2, 0.25) is 0 Å². The molecular formula is C20H24N2O3S. The molecule has 5 nitrogen and oxygen atoms in total. The van der Waals surface area contributed by atoms with Crippen LogP contribution in [0.15, 0.2) is 48.5 Å². The van der Waals surface area contributed by atoms with Gasteiger partial charge < -0.3 is 15.4 Å². The second-order valence-electron chi connectivity index (χ2n) is 5.87. The Bertz CT molecular complexity index is 732. The summed E-state index contributed by atoms with van der Waals surface area (Å²) >= 11 is 1.28. The van der Waals surface area contributed by atoms with Crippen LogP contribution in [0.25, 0.3) is 0 Å². The van der Waals surface area contributed by atoms with Gasteiger partial charge in [0.15, 0.2) is 0 Å². The Labute approximate surface area is 158 Å². The third kappa shape index (κ3) is 7.19. The Hall–Kier alpha value is -2.47. The first kappa shape index (κ1) is 19.8. The number of benzene rings is 2. The van der Waals surface area contributed by atoms with Crippen LogP contribution in [0.1, 0.15) is 11.1 Å². The van der Waals surface area contributed by atoms with Gasteiger partial charge in [-0.05, 0) is 37.6 Å². The lowest BCUT2D eigenvalue weighted by atomic mass is 10.2. The van der Waals surface area contributed by atoms with E-state index in [0.29, 0.717) is 13.2 Å². The number of ether oxygens (including phenoxy) is 1. The van der Waals surface area contributed by atoms with Crippen LogP contribution in [-0.2, 0) is 9.59 Å². The number of rotatable bonds is 9. The zero-order chi connectivity index (χ0) is 18.8. The average molecular weight is 372 g/mol. The fourth-order valence-electron chi connectivity index (χ4n) is 2.19. The van der Waals surface area contributed by atoms with Crippen LogP contribution in [0.5, 0.6) is 5.75 Å². The fourth-order valence-corrected chi connectivity index (χ4v) is 2.84. The number of hydrogen-bond donors (Lipinski definition) is 2. The molecule has 26 heavy (non-hydrogen) atoms.